The van der Waals surface area contributed by atoms with Gasteiger partial charge in [-0.3, -0.25) is 4.90 Å². The molecular weight excluding hydrogens is 341 g/mol. The van der Waals surface area contributed by atoms with Crippen LogP contribution >= 0.6 is 35.4 Å². The molecule has 1 heterocycles. The van der Waals surface area contributed by atoms with Gasteiger partial charge in [-0.25, -0.2) is 0 Å². The molecule has 0 unspecified atom stereocenters. The lowest BCUT2D eigenvalue weighted by Gasteiger charge is -2.36. The third-order valence-corrected chi connectivity index (χ3v) is 4.64. The molecule has 0 aliphatic carbocycles. The van der Waals surface area contributed by atoms with Crippen molar-refractivity contribution in [3.63, 3.8) is 0 Å². The lowest BCUT2D eigenvalue weighted by Crippen LogP contribution is -2.51. The number of nitrogens with zero attached hydrogens (tertiary/aromatic N) is 2. The zero-order valence-electron chi connectivity index (χ0n) is 12.6. The fraction of sp³-hybridized carbons (Fsp3) is 0.533. The van der Waals surface area contributed by atoms with E-state index in [-0.39, 0.29) is 0 Å². The molecule has 1 aromatic rings. The first-order chi connectivity index (χ1) is 10.6. The van der Waals surface area contributed by atoms with Crippen LogP contribution in [0.5, 0.6) is 0 Å². The molecule has 0 aromatic heterocycles. The van der Waals surface area contributed by atoms with Gasteiger partial charge in [-0.15, -0.1) is 0 Å². The van der Waals surface area contributed by atoms with E-state index >= 15 is 0 Å². The van der Waals surface area contributed by atoms with E-state index in [9.17, 15) is 0 Å². The Bertz CT molecular complexity index is 508. The summed E-state index contributed by atoms with van der Waals surface area (Å²) in [6, 6.07) is 5.67. The molecule has 1 aliphatic heterocycles. The molecule has 1 fully saturated rings. The maximum atomic E-state index is 6.23. The molecule has 1 aliphatic rings. The van der Waals surface area contributed by atoms with Crippen LogP contribution in [0.3, 0.4) is 0 Å². The van der Waals surface area contributed by atoms with Crippen LogP contribution < -0.4 is 5.32 Å². The van der Waals surface area contributed by atoms with E-state index in [1.165, 1.54) is 0 Å². The number of benzene rings is 1. The van der Waals surface area contributed by atoms with Crippen molar-refractivity contribution >= 4 is 40.5 Å². The van der Waals surface area contributed by atoms with Gasteiger partial charge >= 0.3 is 0 Å². The second-order valence-corrected chi connectivity index (χ2v) is 6.45. The number of rotatable bonds is 5. The van der Waals surface area contributed by atoms with Crippen molar-refractivity contribution in [2.24, 2.45) is 0 Å². The zero-order chi connectivity index (χ0) is 15.9. The van der Waals surface area contributed by atoms with Crippen LogP contribution in [0.4, 0.5) is 0 Å². The third kappa shape index (κ3) is 5.25. The quantitative estimate of drug-likeness (QED) is 0.642. The molecule has 1 N–H and O–H groups in total. The van der Waals surface area contributed by atoms with Crippen molar-refractivity contribution in [1.82, 2.24) is 15.1 Å². The van der Waals surface area contributed by atoms with Gasteiger partial charge in [-0.1, -0.05) is 29.3 Å². The van der Waals surface area contributed by atoms with Crippen LogP contribution in [0.2, 0.25) is 10.0 Å². The molecular formula is C15H21Cl2N3OS. The van der Waals surface area contributed by atoms with Crippen molar-refractivity contribution in [3.05, 3.63) is 33.8 Å². The summed E-state index contributed by atoms with van der Waals surface area (Å²) in [5.74, 6) is 0. The highest BCUT2D eigenvalue weighted by atomic mass is 35.5. The van der Waals surface area contributed by atoms with Gasteiger partial charge in [0.2, 0.25) is 0 Å². The number of nitrogens with one attached hydrogen (secondary N) is 1. The van der Waals surface area contributed by atoms with E-state index in [0.717, 1.165) is 55.0 Å². The van der Waals surface area contributed by atoms with Gasteiger partial charge in [0, 0.05) is 56.4 Å². The Hall–Kier alpha value is -0.590. The first kappa shape index (κ1) is 17.8. The van der Waals surface area contributed by atoms with Crippen molar-refractivity contribution in [3.8, 4) is 0 Å². The molecule has 22 heavy (non-hydrogen) atoms. The molecule has 122 valence electrons. The van der Waals surface area contributed by atoms with Gasteiger partial charge in [-0.2, -0.15) is 0 Å². The Morgan fingerprint density at radius 2 is 2.00 bits per heavy atom. The smallest absolute Gasteiger partial charge is 0.169 e. The van der Waals surface area contributed by atoms with Crippen LogP contribution in [0.15, 0.2) is 18.2 Å². The highest BCUT2D eigenvalue weighted by molar-refractivity contribution is 7.80. The van der Waals surface area contributed by atoms with Gasteiger partial charge in [0.05, 0.1) is 6.61 Å². The van der Waals surface area contributed by atoms with E-state index in [2.05, 4.69) is 15.1 Å². The van der Waals surface area contributed by atoms with Crippen molar-refractivity contribution in [2.45, 2.75) is 6.54 Å². The standard InChI is InChI=1S/C15H21Cl2N3OS/c1-21-9-4-18-15(22)20-7-5-19(6-8-20)11-12-2-3-13(16)10-14(12)17/h2-3,10H,4-9,11H2,1H3,(H,18,22). The first-order valence-corrected chi connectivity index (χ1v) is 8.44. The van der Waals surface area contributed by atoms with Crippen LogP contribution in [0.1, 0.15) is 5.56 Å². The summed E-state index contributed by atoms with van der Waals surface area (Å²) in [6.45, 7) is 6.02. The van der Waals surface area contributed by atoms with Crippen molar-refractivity contribution in [2.75, 3.05) is 46.4 Å². The van der Waals surface area contributed by atoms with Gasteiger partial charge in [0.1, 0.15) is 0 Å². The van der Waals surface area contributed by atoms with E-state index in [4.69, 9.17) is 40.2 Å². The molecule has 0 atom stereocenters. The molecule has 7 heteroatoms. The number of piperazine rings is 1. The van der Waals surface area contributed by atoms with Crippen LogP contribution in [0, 0.1) is 0 Å². The molecule has 0 bridgehead atoms. The second kappa shape index (κ2) is 8.89. The minimum atomic E-state index is 0.662. The second-order valence-electron chi connectivity index (χ2n) is 5.22. The minimum Gasteiger partial charge on any atom is -0.383 e. The highest BCUT2D eigenvalue weighted by Crippen LogP contribution is 2.22. The molecule has 0 spiro atoms. The molecule has 1 aromatic carbocycles. The van der Waals surface area contributed by atoms with E-state index in [1.54, 1.807) is 13.2 Å². The normalized spacial score (nSPS) is 15.9. The summed E-state index contributed by atoms with van der Waals surface area (Å²) in [7, 11) is 1.69. The summed E-state index contributed by atoms with van der Waals surface area (Å²) in [4.78, 5) is 4.58. The number of halogens is 2. The molecule has 1 saturated heterocycles. The Morgan fingerprint density at radius 3 is 2.64 bits per heavy atom. The summed E-state index contributed by atoms with van der Waals surface area (Å²) in [5.41, 5.74) is 1.11. The largest absolute Gasteiger partial charge is 0.383 e. The maximum absolute atomic E-state index is 6.23. The number of thiocarbonyl (C=S) groups is 1. The fourth-order valence-corrected chi connectivity index (χ4v) is 3.12. The average molecular weight is 362 g/mol. The predicted molar refractivity (Wildman–Crippen MR) is 95.8 cm³/mol. The van der Waals surface area contributed by atoms with Crippen LogP contribution in [-0.2, 0) is 11.3 Å². The zero-order valence-corrected chi connectivity index (χ0v) is 15.0. The minimum absolute atomic E-state index is 0.662. The predicted octanol–water partition coefficient (Wildman–Crippen LogP) is 2.63. The lowest BCUT2D eigenvalue weighted by atomic mass is 10.2. The Kier molecular flexibility index (Phi) is 7.18. The van der Waals surface area contributed by atoms with Gasteiger partial charge < -0.3 is 15.0 Å². The Balaban J connectivity index is 1.78. The molecule has 2 rings (SSSR count). The van der Waals surface area contributed by atoms with Crippen LogP contribution in [0.25, 0.3) is 0 Å². The van der Waals surface area contributed by atoms with Crippen molar-refractivity contribution in [1.29, 1.82) is 0 Å². The number of methoxy groups -OCH3 is 1. The Labute approximate surface area is 147 Å². The fourth-order valence-electron chi connectivity index (χ4n) is 2.37. The third-order valence-electron chi connectivity index (χ3n) is 3.65. The summed E-state index contributed by atoms with van der Waals surface area (Å²) in [5, 5.41) is 5.42. The van der Waals surface area contributed by atoms with Crippen LogP contribution in [-0.4, -0.2) is 61.4 Å². The van der Waals surface area contributed by atoms with Gasteiger partial charge in [0.15, 0.2) is 5.11 Å². The first-order valence-electron chi connectivity index (χ1n) is 7.28. The number of hydrogen-bond donors (Lipinski definition) is 1. The summed E-state index contributed by atoms with van der Waals surface area (Å²) in [6.07, 6.45) is 0. The molecule has 0 saturated carbocycles. The van der Waals surface area contributed by atoms with E-state index in [0.29, 0.717) is 11.6 Å². The van der Waals surface area contributed by atoms with Gasteiger partial charge in [0.25, 0.3) is 0 Å². The van der Waals surface area contributed by atoms with Crippen molar-refractivity contribution < 1.29 is 4.74 Å². The summed E-state index contributed by atoms with van der Waals surface area (Å²) >= 11 is 17.6. The number of ether oxygens (including phenoxy) is 1. The SMILES string of the molecule is COCCNC(=S)N1CCN(Cc2ccc(Cl)cc2Cl)CC1. The Morgan fingerprint density at radius 1 is 1.27 bits per heavy atom. The molecule has 4 nitrogen and oxygen atoms in total. The maximum Gasteiger partial charge on any atom is 0.169 e. The topological polar surface area (TPSA) is 27.7 Å². The number of hydrogen-bond acceptors (Lipinski definition) is 3. The van der Waals surface area contributed by atoms with Gasteiger partial charge in [-0.05, 0) is 29.9 Å². The van der Waals surface area contributed by atoms with E-state index in [1.807, 2.05) is 12.1 Å². The lowest BCUT2D eigenvalue weighted by molar-refractivity contribution is 0.172. The monoisotopic (exact) mass is 361 g/mol. The van der Waals surface area contributed by atoms with E-state index < -0.39 is 0 Å². The average Bonchev–Trinajstić information content (AvgIpc) is 2.51. The molecule has 0 amide bonds. The summed E-state index contributed by atoms with van der Waals surface area (Å²) < 4.78 is 5.01. The molecule has 0 radical (unpaired) electrons. The highest BCUT2D eigenvalue weighted by Gasteiger charge is 2.19.